The first-order chi connectivity index (χ1) is 13.9. The van der Waals surface area contributed by atoms with Crippen molar-refractivity contribution in [3.63, 3.8) is 0 Å². The number of amides is 1. The minimum atomic E-state index is -1.30. The molecule has 0 aromatic heterocycles. The van der Waals surface area contributed by atoms with Crippen molar-refractivity contribution in [3.8, 4) is 11.1 Å². The van der Waals surface area contributed by atoms with E-state index in [-0.39, 0.29) is 30.6 Å². The van der Waals surface area contributed by atoms with Crippen LogP contribution >= 0.6 is 0 Å². The van der Waals surface area contributed by atoms with Crippen LogP contribution in [0.2, 0.25) is 0 Å². The average Bonchev–Trinajstić information content (AvgIpc) is 3.04. The minimum Gasteiger partial charge on any atom is -0.480 e. The molecule has 2 N–H and O–H groups in total. The molecule has 0 saturated heterocycles. The molecule has 0 saturated carbocycles. The standard InChI is InChI=1S/C23H25NO5/c1-3-14(2)21(25)12-20(22(26)27)24-23(28)29-13-19-17-10-6-4-8-15(17)16-9-5-7-11-18(16)19/h4-11,14,19-20H,3,12-13H2,1-2H3,(H,24,28)(H,26,27). The van der Waals surface area contributed by atoms with Crippen LogP contribution in [0.25, 0.3) is 11.1 Å². The molecule has 0 heterocycles. The summed E-state index contributed by atoms with van der Waals surface area (Å²) in [5.74, 6) is -1.81. The summed E-state index contributed by atoms with van der Waals surface area (Å²) in [6.45, 7) is 3.69. The van der Waals surface area contributed by atoms with Gasteiger partial charge in [0.15, 0.2) is 0 Å². The highest BCUT2D eigenvalue weighted by molar-refractivity contribution is 5.89. The largest absolute Gasteiger partial charge is 0.480 e. The van der Waals surface area contributed by atoms with Gasteiger partial charge in [0, 0.05) is 18.3 Å². The number of alkyl carbamates (subject to hydrolysis) is 1. The summed E-state index contributed by atoms with van der Waals surface area (Å²) in [5.41, 5.74) is 4.37. The third-order valence-electron chi connectivity index (χ3n) is 5.50. The van der Waals surface area contributed by atoms with Gasteiger partial charge < -0.3 is 15.2 Å². The number of carbonyl (C=O) groups excluding carboxylic acids is 2. The number of benzene rings is 2. The van der Waals surface area contributed by atoms with Crippen LogP contribution in [0.3, 0.4) is 0 Å². The summed E-state index contributed by atoms with van der Waals surface area (Å²) in [4.78, 5) is 35.8. The summed E-state index contributed by atoms with van der Waals surface area (Å²) in [5, 5.41) is 11.7. The molecule has 6 heteroatoms. The van der Waals surface area contributed by atoms with Crippen molar-refractivity contribution in [1.82, 2.24) is 5.32 Å². The molecule has 0 bridgehead atoms. The van der Waals surface area contributed by atoms with E-state index in [1.807, 2.05) is 55.5 Å². The first kappa shape index (κ1) is 20.6. The lowest BCUT2D eigenvalue weighted by atomic mass is 9.98. The summed E-state index contributed by atoms with van der Waals surface area (Å²) in [6.07, 6.45) is -0.471. The molecule has 2 atom stereocenters. The highest BCUT2D eigenvalue weighted by Crippen LogP contribution is 2.44. The fraction of sp³-hybridized carbons (Fsp3) is 0.348. The van der Waals surface area contributed by atoms with E-state index in [1.165, 1.54) is 0 Å². The Morgan fingerprint density at radius 3 is 2.10 bits per heavy atom. The maximum atomic E-state index is 12.3. The summed E-state index contributed by atoms with van der Waals surface area (Å²) < 4.78 is 5.36. The number of nitrogens with one attached hydrogen (secondary N) is 1. The van der Waals surface area contributed by atoms with Crippen LogP contribution in [0, 0.1) is 5.92 Å². The highest BCUT2D eigenvalue weighted by Gasteiger charge is 2.30. The van der Waals surface area contributed by atoms with Crippen molar-refractivity contribution >= 4 is 17.8 Å². The van der Waals surface area contributed by atoms with Crippen LogP contribution < -0.4 is 5.32 Å². The van der Waals surface area contributed by atoms with E-state index >= 15 is 0 Å². The molecule has 152 valence electrons. The predicted molar refractivity (Wildman–Crippen MR) is 109 cm³/mol. The van der Waals surface area contributed by atoms with Gasteiger partial charge in [0.1, 0.15) is 18.4 Å². The Morgan fingerprint density at radius 2 is 1.59 bits per heavy atom. The predicted octanol–water partition coefficient (Wildman–Crippen LogP) is 3.98. The highest BCUT2D eigenvalue weighted by atomic mass is 16.5. The molecule has 3 rings (SSSR count). The number of hydrogen-bond acceptors (Lipinski definition) is 4. The van der Waals surface area contributed by atoms with Crippen LogP contribution in [-0.4, -0.2) is 35.6 Å². The van der Waals surface area contributed by atoms with Gasteiger partial charge in [-0.05, 0) is 28.7 Å². The number of Topliss-reactive ketones (excluding diaryl/α,β-unsaturated/α-hetero) is 1. The number of fused-ring (bicyclic) bond motifs is 3. The number of aliphatic carboxylic acids is 1. The Labute approximate surface area is 169 Å². The quantitative estimate of drug-likeness (QED) is 0.705. The van der Waals surface area contributed by atoms with Crippen molar-refractivity contribution in [2.24, 2.45) is 5.92 Å². The molecule has 2 unspecified atom stereocenters. The zero-order chi connectivity index (χ0) is 21.0. The molecule has 1 aliphatic carbocycles. The number of ketones is 1. The number of ether oxygens (including phenoxy) is 1. The Morgan fingerprint density at radius 1 is 1.03 bits per heavy atom. The molecule has 0 fully saturated rings. The second kappa shape index (κ2) is 8.90. The molecule has 2 aromatic carbocycles. The molecule has 1 aliphatic rings. The van der Waals surface area contributed by atoms with Crippen LogP contribution in [0.15, 0.2) is 48.5 Å². The molecular formula is C23H25NO5. The molecule has 0 aliphatic heterocycles. The normalized spacial score (nSPS) is 14.4. The maximum absolute atomic E-state index is 12.3. The van der Waals surface area contributed by atoms with Gasteiger partial charge in [-0.1, -0.05) is 62.4 Å². The molecule has 0 spiro atoms. The van der Waals surface area contributed by atoms with Gasteiger partial charge in [-0.2, -0.15) is 0 Å². The fourth-order valence-corrected chi connectivity index (χ4v) is 3.61. The molecular weight excluding hydrogens is 370 g/mol. The van der Waals surface area contributed by atoms with E-state index in [2.05, 4.69) is 5.32 Å². The monoisotopic (exact) mass is 395 g/mol. The van der Waals surface area contributed by atoms with Crippen LogP contribution in [0.4, 0.5) is 4.79 Å². The van der Waals surface area contributed by atoms with Crippen LogP contribution in [0.5, 0.6) is 0 Å². The van der Waals surface area contributed by atoms with Crippen LogP contribution in [0.1, 0.15) is 43.7 Å². The SMILES string of the molecule is CCC(C)C(=O)CC(NC(=O)OCC1c2ccccc2-c2ccccc21)C(=O)O. The number of carbonyl (C=O) groups is 3. The number of carboxylic acid groups (broad SMARTS) is 1. The van der Waals surface area contributed by atoms with E-state index in [0.717, 1.165) is 22.3 Å². The molecule has 0 radical (unpaired) electrons. The van der Waals surface area contributed by atoms with Gasteiger partial charge >= 0.3 is 12.1 Å². The lowest BCUT2D eigenvalue weighted by Crippen LogP contribution is -2.43. The van der Waals surface area contributed by atoms with Gasteiger partial charge in [0.2, 0.25) is 0 Å². The van der Waals surface area contributed by atoms with E-state index in [1.54, 1.807) is 6.92 Å². The van der Waals surface area contributed by atoms with Gasteiger partial charge in [-0.3, -0.25) is 4.79 Å². The van der Waals surface area contributed by atoms with Gasteiger partial charge in [-0.25, -0.2) is 9.59 Å². The van der Waals surface area contributed by atoms with Crippen molar-refractivity contribution in [2.75, 3.05) is 6.61 Å². The summed E-state index contributed by atoms with van der Waals surface area (Å²) in [7, 11) is 0. The van der Waals surface area contributed by atoms with E-state index in [9.17, 15) is 19.5 Å². The van der Waals surface area contributed by atoms with Crippen molar-refractivity contribution < 1.29 is 24.2 Å². The average molecular weight is 395 g/mol. The number of carboxylic acids is 1. The van der Waals surface area contributed by atoms with Gasteiger partial charge in [0.25, 0.3) is 0 Å². The second-order valence-corrected chi connectivity index (χ2v) is 7.34. The third kappa shape index (κ3) is 4.47. The Hall–Kier alpha value is -3.15. The zero-order valence-corrected chi connectivity index (χ0v) is 16.6. The minimum absolute atomic E-state index is 0.0888. The van der Waals surface area contributed by atoms with E-state index in [0.29, 0.717) is 6.42 Å². The fourth-order valence-electron chi connectivity index (χ4n) is 3.61. The lowest BCUT2D eigenvalue weighted by Gasteiger charge is -2.18. The van der Waals surface area contributed by atoms with Crippen molar-refractivity contribution in [3.05, 3.63) is 59.7 Å². The Balaban J connectivity index is 1.66. The van der Waals surface area contributed by atoms with Gasteiger partial charge in [-0.15, -0.1) is 0 Å². The maximum Gasteiger partial charge on any atom is 0.407 e. The van der Waals surface area contributed by atoms with E-state index < -0.39 is 18.1 Å². The molecule has 6 nitrogen and oxygen atoms in total. The van der Waals surface area contributed by atoms with Crippen molar-refractivity contribution in [1.29, 1.82) is 0 Å². The zero-order valence-electron chi connectivity index (χ0n) is 16.6. The summed E-state index contributed by atoms with van der Waals surface area (Å²) in [6, 6.07) is 14.6. The van der Waals surface area contributed by atoms with Crippen LogP contribution in [-0.2, 0) is 14.3 Å². The second-order valence-electron chi connectivity index (χ2n) is 7.34. The van der Waals surface area contributed by atoms with Gasteiger partial charge in [0.05, 0.1) is 0 Å². The van der Waals surface area contributed by atoms with E-state index in [4.69, 9.17) is 4.74 Å². The van der Waals surface area contributed by atoms with Crippen molar-refractivity contribution in [2.45, 2.75) is 38.6 Å². The first-order valence-electron chi connectivity index (χ1n) is 9.79. The molecule has 1 amide bonds. The smallest absolute Gasteiger partial charge is 0.407 e. The Kier molecular flexibility index (Phi) is 6.32. The Bertz CT molecular complexity index is 877. The first-order valence-corrected chi connectivity index (χ1v) is 9.79. The third-order valence-corrected chi connectivity index (χ3v) is 5.50. The molecule has 29 heavy (non-hydrogen) atoms. The number of hydrogen-bond donors (Lipinski definition) is 2. The number of rotatable bonds is 8. The molecule has 2 aromatic rings. The summed E-state index contributed by atoms with van der Waals surface area (Å²) >= 11 is 0. The lowest BCUT2D eigenvalue weighted by molar-refractivity contribution is -0.141. The topological polar surface area (TPSA) is 92.7 Å².